The van der Waals surface area contributed by atoms with Crippen LogP contribution in [0.15, 0.2) is 36.5 Å². The molecule has 0 unspecified atom stereocenters. The van der Waals surface area contributed by atoms with E-state index in [9.17, 15) is 0 Å². The molecule has 2 nitrogen and oxygen atoms in total. The number of pyridine rings is 1. The van der Waals surface area contributed by atoms with Gasteiger partial charge in [0.15, 0.2) is 0 Å². The van der Waals surface area contributed by atoms with Crippen molar-refractivity contribution >= 4 is 10.8 Å². The third-order valence-electron chi connectivity index (χ3n) is 2.94. The third kappa shape index (κ3) is 1.51. The highest BCUT2D eigenvalue weighted by molar-refractivity contribution is 5.84. The fourth-order valence-electron chi connectivity index (χ4n) is 2.19. The molecule has 15 heavy (non-hydrogen) atoms. The average Bonchev–Trinajstić information content (AvgIpc) is 2.82. The van der Waals surface area contributed by atoms with Crippen LogP contribution >= 0.6 is 0 Å². The molecule has 76 valence electrons. The smallest absolute Gasteiger partial charge is 0.100 e. The summed E-state index contributed by atoms with van der Waals surface area (Å²) in [5.74, 6) is 0. The van der Waals surface area contributed by atoms with Gasteiger partial charge in [0.25, 0.3) is 0 Å². The molecule has 1 fully saturated rings. The van der Waals surface area contributed by atoms with Crippen LogP contribution < -0.4 is 0 Å². The summed E-state index contributed by atoms with van der Waals surface area (Å²) >= 11 is 0. The second kappa shape index (κ2) is 3.63. The predicted molar refractivity (Wildman–Crippen MR) is 59.7 cm³/mol. The SMILES string of the molecule is c1ccc2c([C@@H]3CCCO3)nccc2c1. The molecule has 1 aromatic carbocycles. The zero-order chi connectivity index (χ0) is 10.1. The first-order valence-electron chi connectivity index (χ1n) is 5.40. The molecule has 1 aliphatic heterocycles. The van der Waals surface area contributed by atoms with Crippen molar-refractivity contribution in [1.82, 2.24) is 4.98 Å². The highest BCUT2D eigenvalue weighted by Crippen LogP contribution is 2.31. The van der Waals surface area contributed by atoms with Gasteiger partial charge < -0.3 is 4.74 Å². The lowest BCUT2D eigenvalue weighted by atomic mass is 10.1. The number of hydrogen-bond donors (Lipinski definition) is 0. The largest absolute Gasteiger partial charge is 0.372 e. The van der Waals surface area contributed by atoms with Crippen molar-refractivity contribution in [2.45, 2.75) is 18.9 Å². The third-order valence-corrected chi connectivity index (χ3v) is 2.94. The van der Waals surface area contributed by atoms with Crippen LogP contribution in [0.1, 0.15) is 24.6 Å². The lowest BCUT2D eigenvalue weighted by Gasteiger charge is -2.11. The number of fused-ring (bicyclic) bond motifs is 1. The predicted octanol–water partition coefficient (Wildman–Crippen LogP) is 3.09. The highest BCUT2D eigenvalue weighted by Gasteiger charge is 2.20. The van der Waals surface area contributed by atoms with Gasteiger partial charge in [-0.3, -0.25) is 4.98 Å². The Kier molecular flexibility index (Phi) is 2.14. The summed E-state index contributed by atoms with van der Waals surface area (Å²) in [5.41, 5.74) is 1.10. The van der Waals surface area contributed by atoms with Gasteiger partial charge in [-0.15, -0.1) is 0 Å². The summed E-state index contributed by atoms with van der Waals surface area (Å²) in [6.45, 7) is 0.871. The van der Waals surface area contributed by atoms with Gasteiger partial charge >= 0.3 is 0 Å². The minimum Gasteiger partial charge on any atom is -0.372 e. The van der Waals surface area contributed by atoms with Crippen LogP contribution in [0.25, 0.3) is 10.8 Å². The molecule has 2 heteroatoms. The minimum absolute atomic E-state index is 0.205. The van der Waals surface area contributed by atoms with Gasteiger partial charge in [-0.1, -0.05) is 24.3 Å². The Hall–Kier alpha value is -1.41. The summed E-state index contributed by atoms with van der Waals surface area (Å²) in [5, 5.41) is 2.48. The molecule has 0 bridgehead atoms. The fourth-order valence-corrected chi connectivity index (χ4v) is 2.19. The average molecular weight is 199 g/mol. The fraction of sp³-hybridized carbons (Fsp3) is 0.308. The number of rotatable bonds is 1. The van der Waals surface area contributed by atoms with E-state index < -0.39 is 0 Å². The summed E-state index contributed by atoms with van der Waals surface area (Å²) in [7, 11) is 0. The van der Waals surface area contributed by atoms with Crippen molar-refractivity contribution < 1.29 is 4.74 Å². The van der Waals surface area contributed by atoms with E-state index in [1.54, 1.807) is 0 Å². The monoisotopic (exact) mass is 199 g/mol. The van der Waals surface area contributed by atoms with Crippen molar-refractivity contribution in [2.75, 3.05) is 6.61 Å². The standard InChI is InChI=1S/C13H13NO/c1-2-5-11-10(4-1)7-8-14-13(11)12-6-3-9-15-12/h1-2,4-5,7-8,12H,3,6,9H2/t12-/m0/s1. The zero-order valence-electron chi connectivity index (χ0n) is 8.52. The van der Waals surface area contributed by atoms with Gasteiger partial charge in [-0.2, -0.15) is 0 Å². The maximum atomic E-state index is 5.68. The number of aromatic nitrogens is 1. The van der Waals surface area contributed by atoms with Crippen molar-refractivity contribution in [1.29, 1.82) is 0 Å². The van der Waals surface area contributed by atoms with E-state index in [1.807, 2.05) is 12.3 Å². The van der Waals surface area contributed by atoms with Gasteiger partial charge in [0.05, 0.1) is 5.69 Å². The van der Waals surface area contributed by atoms with Crippen LogP contribution in [-0.4, -0.2) is 11.6 Å². The summed E-state index contributed by atoms with van der Waals surface area (Å²) < 4.78 is 5.68. The molecule has 0 saturated carbocycles. The first-order chi connectivity index (χ1) is 7.45. The molecule has 3 rings (SSSR count). The number of ether oxygens (including phenoxy) is 1. The molecule has 2 aromatic rings. The quantitative estimate of drug-likeness (QED) is 0.704. The second-order valence-electron chi connectivity index (χ2n) is 3.92. The van der Waals surface area contributed by atoms with E-state index in [0.29, 0.717) is 0 Å². The number of hydrogen-bond acceptors (Lipinski definition) is 2. The molecule has 1 aromatic heterocycles. The lowest BCUT2D eigenvalue weighted by molar-refractivity contribution is 0.110. The topological polar surface area (TPSA) is 22.1 Å². The van der Waals surface area contributed by atoms with Gasteiger partial charge in [-0.05, 0) is 24.3 Å². The van der Waals surface area contributed by atoms with Gasteiger partial charge in [0.2, 0.25) is 0 Å². The van der Waals surface area contributed by atoms with Crippen LogP contribution in [0.3, 0.4) is 0 Å². The molecule has 1 saturated heterocycles. The highest BCUT2D eigenvalue weighted by atomic mass is 16.5. The summed E-state index contributed by atoms with van der Waals surface area (Å²) in [6.07, 6.45) is 4.33. The molecule has 2 heterocycles. The molecule has 1 aliphatic rings. The number of benzene rings is 1. The van der Waals surface area contributed by atoms with Crippen molar-refractivity contribution in [3.05, 3.63) is 42.2 Å². The summed E-state index contributed by atoms with van der Waals surface area (Å²) in [4.78, 5) is 4.46. The molecular weight excluding hydrogens is 186 g/mol. The molecule has 0 N–H and O–H groups in total. The van der Waals surface area contributed by atoms with E-state index in [2.05, 4.69) is 29.2 Å². The Morgan fingerprint density at radius 2 is 2.13 bits per heavy atom. The molecule has 0 spiro atoms. The summed E-state index contributed by atoms with van der Waals surface area (Å²) in [6, 6.07) is 10.4. The Bertz CT molecular complexity index is 469. The van der Waals surface area contributed by atoms with Crippen LogP contribution in [0.4, 0.5) is 0 Å². The Labute approximate surface area is 88.9 Å². The first-order valence-corrected chi connectivity index (χ1v) is 5.40. The molecular formula is C13H13NO. The van der Waals surface area contributed by atoms with Crippen molar-refractivity contribution in [3.63, 3.8) is 0 Å². The van der Waals surface area contributed by atoms with E-state index in [4.69, 9.17) is 4.74 Å². The molecule has 0 amide bonds. The normalized spacial score (nSPS) is 20.9. The lowest BCUT2D eigenvalue weighted by Crippen LogP contribution is -1.99. The van der Waals surface area contributed by atoms with E-state index in [0.717, 1.165) is 25.1 Å². The molecule has 1 atom stereocenters. The van der Waals surface area contributed by atoms with Crippen molar-refractivity contribution in [2.24, 2.45) is 0 Å². The Morgan fingerprint density at radius 3 is 3.00 bits per heavy atom. The van der Waals surface area contributed by atoms with E-state index in [1.165, 1.54) is 10.8 Å². The van der Waals surface area contributed by atoms with Crippen LogP contribution in [0.5, 0.6) is 0 Å². The van der Waals surface area contributed by atoms with Crippen molar-refractivity contribution in [3.8, 4) is 0 Å². The maximum Gasteiger partial charge on any atom is 0.100 e. The first kappa shape index (κ1) is 8.86. The van der Waals surface area contributed by atoms with Gasteiger partial charge in [0, 0.05) is 18.2 Å². The zero-order valence-corrected chi connectivity index (χ0v) is 8.52. The molecule has 0 radical (unpaired) electrons. The van der Waals surface area contributed by atoms with Crippen LogP contribution in [-0.2, 0) is 4.74 Å². The van der Waals surface area contributed by atoms with Gasteiger partial charge in [-0.25, -0.2) is 0 Å². The maximum absolute atomic E-state index is 5.68. The van der Waals surface area contributed by atoms with Crippen LogP contribution in [0.2, 0.25) is 0 Å². The van der Waals surface area contributed by atoms with Crippen LogP contribution in [0, 0.1) is 0 Å². The number of nitrogens with zero attached hydrogens (tertiary/aromatic N) is 1. The Balaban J connectivity index is 2.16. The van der Waals surface area contributed by atoms with E-state index >= 15 is 0 Å². The van der Waals surface area contributed by atoms with Gasteiger partial charge in [0.1, 0.15) is 6.10 Å². The second-order valence-corrected chi connectivity index (χ2v) is 3.92. The molecule has 0 aliphatic carbocycles. The Morgan fingerprint density at radius 1 is 1.20 bits per heavy atom. The minimum atomic E-state index is 0.205. The van der Waals surface area contributed by atoms with E-state index in [-0.39, 0.29) is 6.10 Å².